The Morgan fingerprint density at radius 2 is 2.14 bits per heavy atom. The second-order valence-electron chi connectivity index (χ2n) is 5.11. The quantitative estimate of drug-likeness (QED) is 0.899. The largest absolute Gasteiger partial charge is 0.486 e. The lowest BCUT2D eigenvalue weighted by Crippen LogP contribution is -2.50. The maximum atomic E-state index is 11.0. The first-order valence-electron chi connectivity index (χ1n) is 6.81. The van der Waals surface area contributed by atoms with Gasteiger partial charge in [-0.05, 0) is 36.8 Å². The van der Waals surface area contributed by atoms with Crippen molar-refractivity contribution in [3.63, 3.8) is 0 Å². The van der Waals surface area contributed by atoms with Gasteiger partial charge in [-0.2, -0.15) is 0 Å². The highest BCUT2D eigenvalue weighted by Gasteiger charge is 2.18. The maximum absolute atomic E-state index is 11.0. The van der Waals surface area contributed by atoms with E-state index in [-0.39, 0.29) is 6.10 Å². The van der Waals surface area contributed by atoms with E-state index in [9.17, 15) is 4.79 Å². The molecule has 0 unspecified atom stereocenters. The molecule has 0 atom stereocenters. The number of aromatic carboxylic acids is 1. The molecule has 1 saturated heterocycles. The Kier molecular flexibility index (Phi) is 3.58. The molecule has 0 radical (unpaired) electrons. The number of hydrogen-bond donors (Lipinski definition) is 2. The second kappa shape index (κ2) is 5.54. The SMILES string of the molecule is Cc1cc(-c2ccc(OC3CNC3)cn2)ccc1C(=O)O. The van der Waals surface area contributed by atoms with Crippen molar-refractivity contribution in [1.82, 2.24) is 10.3 Å². The van der Waals surface area contributed by atoms with Crippen LogP contribution in [0.2, 0.25) is 0 Å². The van der Waals surface area contributed by atoms with Gasteiger partial charge in [-0.25, -0.2) is 4.79 Å². The van der Waals surface area contributed by atoms with E-state index < -0.39 is 5.97 Å². The van der Waals surface area contributed by atoms with Crippen LogP contribution in [0, 0.1) is 6.92 Å². The average molecular weight is 284 g/mol. The molecule has 0 bridgehead atoms. The molecule has 0 spiro atoms. The van der Waals surface area contributed by atoms with Crippen molar-refractivity contribution in [1.29, 1.82) is 0 Å². The normalized spacial score (nSPS) is 14.5. The first-order valence-corrected chi connectivity index (χ1v) is 6.81. The Bertz CT molecular complexity index is 664. The Hall–Kier alpha value is -2.40. The van der Waals surface area contributed by atoms with Gasteiger partial charge in [0.2, 0.25) is 0 Å². The zero-order valence-electron chi connectivity index (χ0n) is 11.7. The van der Waals surface area contributed by atoms with Crippen LogP contribution in [0.15, 0.2) is 36.5 Å². The lowest BCUT2D eigenvalue weighted by molar-refractivity contribution is 0.0696. The van der Waals surface area contributed by atoms with Gasteiger partial charge in [-0.1, -0.05) is 6.07 Å². The lowest BCUT2D eigenvalue weighted by atomic mass is 10.0. The van der Waals surface area contributed by atoms with Gasteiger partial charge in [0.15, 0.2) is 0 Å². The van der Waals surface area contributed by atoms with Gasteiger partial charge in [0, 0.05) is 18.7 Å². The first kappa shape index (κ1) is 13.6. The van der Waals surface area contributed by atoms with Crippen LogP contribution in [-0.4, -0.2) is 35.3 Å². The summed E-state index contributed by atoms with van der Waals surface area (Å²) in [6, 6.07) is 8.99. The minimum Gasteiger partial charge on any atom is -0.486 e. The molecule has 3 rings (SSSR count). The predicted octanol–water partition coefficient (Wildman–Crippen LogP) is 2.11. The third kappa shape index (κ3) is 2.87. The summed E-state index contributed by atoms with van der Waals surface area (Å²) in [4.78, 5) is 15.4. The zero-order valence-corrected chi connectivity index (χ0v) is 11.7. The lowest BCUT2D eigenvalue weighted by Gasteiger charge is -2.27. The molecular formula is C16H16N2O3. The monoisotopic (exact) mass is 284 g/mol. The van der Waals surface area contributed by atoms with Crippen molar-refractivity contribution in [3.05, 3.63) is 47.7 Å². The van der Waals surface area contributed by atoms with E-state index in [1.165, 1.54) is 0 Å². The highest BCUT2D eigenvalue weighted by atomic mass is 16.5. The number of aryl methyl sites for hydroxylation is 1. The highest BCUT2D eigenvalue weighted by Crippen LogP contribution is 2.23. The fourth-order valence-corrected chi connectivity index (χ4v) is 2.22. The van der Waals surface area contributed by atoms with E-state index in [0.29, 0.717) is 5.56 Å². The van der Waals surface area contributed by atoms with Crippen LogP contribution in [0.3, 0.4) is 0 Å². The molecule has 0 saturated carbocycles. The molecule has 1 aliphatic heterocycles. The van der Waals surface area contributed by atoms with Gasteiger partial charge in [-0.3, -0.25) is 4.98 Å². The van der Waals surface area contributed by atoms with Crippen LogP contribution in [-0.2, 0) is 0 Å². The van der Waals surface area contributed by atoms with Crippen molar-refractivity contribution in [2.75, 3.05) is 13.1 Å². The summed E-state index contributed by atoms with van der Waals surface area (Å²) in [5.41, 5.74) is 2.74. The number of aromatic nitrogens is 1. The van der Waals surface area contributed by atoms with Crippen molar-refractivity contribution in [3.8, 4) is 17.0 Å². The van der Waals surface area contributed by atoms with E-state index in [4.69, 9.17) is 9.84 Å². The van der Waals surface area contributed by atoms with E-state index >= 15 is 0 Å². The van der Waals surface area contributed by atoms with Crippen LogP contribution >= 0.6 is 0 Å². The summed E-state index contributed by atoms with van der Waals surface area (Å²) in [6.45, 7) is 3.53. The third-order valence-electron chi connectivity index (χ3n) is 3.54. The van der Waals surface area contributed by atoms with Crippen LogP contribution in [0.25, 0.3) is 11.3 Å². The number of hydrogen-bond acceptors (Lipinski definition) is 4. The molecule has 0 amide bonds. The fourth-order valence-electron chi connectivity index (χ4n) is 2.22. The minimum atomic E-state index is -0.912. The molecular weight excluding hydrogens is 268 g/mol. The summed E-state index contributed by atoms with van der Waals surface area (Å²) in [7, 11) is 0. The molecule has 21 heavy (non-hydrogen) atoms. The average Bonchev–Trinajstić information content (AvgIpc) is 2.43. The predicted molar refractivity (Wildman–Crippen MR) is 78.7 cm³/mol. The molecule has 1 aliphatic rings. The van der Waals surface area contributed by atoms with Crippen molar-refractivity contribution >= 4 is 5.97 Å². The molecule has 2 aromatic rings. The third-order valence-corrected chi connectivity index (χ3v) is 3.54. The van der Waals surface area contributed by atoms with Gasteiger partial charge in [-0.15, -0.1) is 0 Å². The molecule has 0 aliphatic carbocycles. The van der Waals surface area contributed by atoms with E-state index in [2.05, 4.69) is 10.3 Å². The van der Waals surface area contributed by atoms with Crippen molar-refractivity contribution in [2.24, 2.45) is 0 Å². The van der Waals surface area contributed by atoms with Crippen LogP contribution in [0.1, 0.15) is 15.9 Å². The Labute approximate surface area is 122 Å². The van der Waals surface area contributed by atoms with Gasteiger partial charge in [0.1, 0.15) is 11.9 Å². The summed E-state index contributed by atoms with van der Waals surface area (Å²) >= 11 is 0. The highest BCUT2D eigenvalue weighted by molar-refractivity contribution is 5.90. The number of carboxylic acid groups (broad SMARTS) is 1. The van der Waals surface area contributed by atoms with Crippen molar-refractivity contribution < 1.29 is 14.6 Å². The fraction of sp³-hybridized carbons (Fsp3) is 0.250. The smallest absolute Gasteiger partial charge is 0.335 e. The zero-order chi connectivity index (χ0) is 14.8. The van der Waals surface area contributed by atoms with E-state index in [1.54, 1.807) is 25.3 Å². The number of rotatable bonds is 4. The van der Waals surface area contributed by atoms with Gasteiger partial charge in [0.25, 0.3) is 0 Å². The van der Waals surface area contributed by atoms with E-state index in [0.717, 1.165) is 35.7 Å². The van der Waals surface area contributed by atoms with Gasteiger partial charge < -0.3 is 15.2 Å². The Morgan fingerprint density at radius 3 is 2.67 bits per heavy atom. The maximum Gasteiger partial charge on any atom is 0.335 e. The molecule has 5 heteroatoms. The molecule has 2 heterocycles. The summed E-state index contributed by atoms with van der Waals surface area (Å²) in [5, 5.41) is 12.2. The standard InChI is InChI=1S/C16H16N2O3/c1-10-6-11(2-4-14(10)16(19)20)15-5-3-12(9-18-15)21-13-7-17-8-13/h2-6,9,13,17H,7-8H2,1H3,(H,19,20). The summed E-state index contributed by atoms with van der Waals surface area (Å²) in [6.07, 6.45) is 1.93. The molecule has 5 nitrogen and oxygen atoms in total. The Balaban J connectivity index is 1.79. The molecule has 108 valence electrons. The number of carbonyl (C=O) groups is 1. The van der Waals surface area contributed by atoms with Crippen LogP contribution < -0.4 is 10.1 Å². The van der Waals surface area contributed by atoms with Crippen molar-refractivity contribution in [2.45, 2.75) is 13.0 Å². The first-order chi connectivity index (χ1) is 10.1. The number of carboxylic acids is 1. The minimum absolute atomic E-state index is 0.231. The number of benzene rings is 1. The number of pyridine rings is 1. The number of nitrogens with one attached hydrogen (secondary N) is 1. The molecule has 2 N–H and O–H groups in total. The molecule has 1 aromatic heterocycles. The Morgan fingerprint density at radius 1 is 1.33 bits per heavy atom. The van der Waals surface area contributed by atoms with Crippen LogP contribution in [0.5, 0.6) is 5.75 Å². The summed E-state index contributed by atoms with van der Waals surface area (Å²) < 4.78 is 5.71. The van der Waals surface area contributed by atoms with Gasteiger partial charge in [0.05, 0.1) is 17.5 Å². The second-order valence-corrected chi connectivity index (χ2v) is 5.11. The summed E-state index contributed by atoms with van der Waals surface area (Å²) in [5.74, 6) is -0.158. The number of nitrogens with zero attached hydrogens (tertiary/aromatic N) is 1. The topological polar surface area (TPSA) is 71.5 Å². The molecule has 1 fully saturated rings. The number of ether oxygens (including phenoxy) is 1. The van der Waals surface area contributed by atoms with Gasteiger partial charge >= 0.3 is 5.97 Å². The van der Waals surface area contributed by atoms with Crippen LogP contribution in [0.4, 0.5) is 0 Å². The molecule has 1 aromatic carbocycles. The van der Waals surface area contributed by atoms with E-state index in [1.807, 2.05) is 18.2 Å².